The van der Waals surface area contributed by atoms with Gasteiger partial charge in [-0.15, -0.1) is 0 Å². The largest absolute Gasteiger partial charge is 0.0897 e. The van der Waals surface area contributed by atoms with Crippen molar-refractivity contribution in [3.63, 3.8) is 0 Å². The van der Waals surface area contributed by atoms with E-state index in [-0.39, 0.29) is 0 Å². The van der Waals surface area contributed by atoms with Crippen molar-refractivity contribution in [1.82, 2.24) is 0 Å². The number of alkyl halides is 1. The van der Waals surface area contributed by atoms with E-state index < -0.39 is 18.5 Å². The third kappa shape index (κ3) is 23.6. The monoisotopic (exact) mass is 128 g/mol. The summed E-state index contributed by atoms with van der Waals surface area (Å²) in [5.41, 5.74) is 0. The molecule has 0 aliphatic heterocycles. The Bertz CT molecular complexity index is 115. The normalized spacial score (nSPS) is 49.5. The summed E-state index contributed by atoms with van der Waals surface area (Å²) in [6.45, 7) is -4.35. The standard InChI is InChI=1S/C3H7Br/c1-3(2)4/h3H,1-2H3/i1D2,2D3,3D. The van der Waals surface area contributed by atoms with Crippen LogP contribution in [0.1, 0.15) is 22.0 Å². The molecular formula is C3H7Br. The molecule has 0 aliphatic carbocycles. The minimum Gasteiger partial charge on any atom is -0.0897 e. The van der Waals surface area contributed by atoms with E-state index >= 15 is 0 Å². The van der Waals surface area contributed by atoms with Crippen LogP contribution in [0.3, 0.4) is 0 Å². The van der Waals surface area contributed by atoms with Crippen molar-refractivity contribution in [3.05, 3.63) is 0 Å². The third-order valence-corrected chi connectivity index (χ3v) is 0. The Labute approximate surface area is 43.8 Å². The Morgan fingerprint density at radius 1 is 2.50 bits per heavy atom. The average Bonchev–Trinajstić information content (AvgIpc) is 1.62. The maximum Gasteiger partial charge on any atom is 0.0417 e. The second-order valence-electron chi connectivity index (χ2n) is 0.348. The number of hydrogen-bond acceptors (Lipinski definition) is 0. The van der Waals surface area contributed by atoms with Gasteiger partial charge in [0, 0.05) is 13.0 Å². The van der Waals surface area contributed by atoms with Gasteiger partial charge in [-0.05, 0) is 0 Å². The molecule has 0 saturated carbocycles. The molecular weight excluding hydrogens is 116 g/mol. The lowest BCUT2D eigenvalue weighted by molar-refractivity contribution is 1.14. The topological polar surface area (TPSA) is 0 Å². The molecule has 0 amide bonds. The minimum atomic E-state index is -2.62. The molecule has 0 saturated heterocycles. The van der Waals surface area contributed by atoms with E-state index in [1.807, 2.05) is 0 Å². The van der Waals surface area contributed by atoms with E-state index in [4.69, 9.17) is 8.22 Å². The fourth-order valence-electron chi connectivity index (χ4n) is 0. The lowest BCUT2D eigenvalue weighted by atomic mass is 10.6. The maximum atomic E-state index is 7.01. The van der Waals surface area contributed by atoms with E-state index in [0.717, 1.165) is 0 Å². The summed E-state index contributed by atoms with van der Waals surface area (Å²) in [6.07, 6.45) is 0. The van der Waals surface area contributed by atoms with Crippen molar-refractivity contribution in [1.29, 1.82) is 0 Å². The molecule has 0 aromatic heterocycles. The second-order valence-corrected chi connectivity index (χ2v) is 1.20. The van der Waals surface area contributed by atoms with Crippen LogP contribution in [0, 0.1) is 0 Å². The zero-order valence-corrected chi connectivity index (χ0v) is 3.54. The van der Waals surface area contributed by atoms with Crippen LogP contribution >= 0.6 is 15.9 Å². The average molecular weight is 129 g/mol. The van der Waals surface area contributed by atoms with Gasteiger partial charge in [-0.1, -0.05) is 29.7 Å². The van der Waals surface area contributed by atoms with Crippen molar-refractivity contribution in [2.45, 2.75) is 18.5 Å². The van der Waals surface area contributed by atoms with Gasteiger partial charge in [-0.2, -0.15) is 0 Å². The highest BCUT2D eigenvalue weighted by Crippen LogP contribution is 1.89. The summed E-state index contributed by atoms with van der Waals surface area (Å²) in [5, 5.41) is 0. The SMILES string of the molecule is [2H]C([2H])C([2H])(Br)C([2H])([2H])[2H]. The zero-order valence-electron chi connectivity index (χ0n) is 7.96. The van der Waals surface area contributed by atoms with Gasteiger partial charge in [0.25, 0.3) is 0 Å². The van der Waals surface area contributed by atoms with Crippen LogP contribution in [0.25, 0.3) is 0 Å². The van der Waals surface area contributed by atoms with E-state index in [1.54, 1.807) is 0 Å². The van der Waals surface area contributed by atoms with Crippen molar-refractivity contribution >= 4 is 15.9 Å². The van der Waals surface area contributed by atoms with Crippen molar-refractivity contribution in [3.8, 4) is 0 Å². The summed E-state index contributed by atoms with van der Waals surface area (Å²) in [5.74, 6) is 0. The predicted octanol–water partition coefficient (Wildman–Crippen LogP) is 1.79. The van der Waals surface area contributed by atoms with Crippen LogP contribution in [0.15, 0.2) is 0 Å². The van der Waals surface area contributed by atoms with E-state index in [2.05, 4.69) is 15.9 Å². The van der Waals surface area contributed by atoms with Gasteiger partial charge in [0.15, 0.2) is 0 Å². The van der Waals surface area contributed by atoms with Crippen LogP contribution in [0.5, 0.6) is 0 Å². The maximum absolute atomic E-state index is 7.01. The first kappa shape index (κ1) is 0.604. The molecule has 0 aliphatic rings. The lowest BCUT2D eigenvalue weighted by Crippen LogP contribution is -1.69. The highest BCUT2D eigenvalue weighted by molar-refractivity contribution is 9.09. The number of halogens is 1. The molecule has 0 nitrogen and oxygen atoms in total. The van der Waals surface area contributed by atoms with Crippen molar-refractivity contribution < 1.29 is 8.22 Å². The van der Waals surface area contributed by atoms with Crippen LogP contribution in [-0.4, -0.2) is 4.80 Å². The molecule has 4 heavy (non-hydrogen) atoms. The van der Waals surface area contributed by atoms with E-state index in [9.17, 15) is 0 Å². The minimum absolute atomic E-state index is 1.72. The molecule has 0 aromatic rings. The Hall–Kier alpha value is 0.480. The van der Waals surface area contributed by atoms with Gasteiger partial charge >= 0.3 is 0 Å². The van der Waals surface area contributed by atoms with Crippen LogP contribution in [0.2, 0.25) is 0 Å². The molecule has 0 N–H and O–H groups in total. The van der Waals surface area contributed by atoms with Crippen molar-refractivity contribution in [2.24, 2.45) is 0 Å². The van der Waals surface area contributed by atoms with Crippen molar-refractivity contribution in [2.75, 3.05) is 0 Å². The van der Waals surface area contributed by atoms with Crippen LogP contribution < -0.4 is 0 Å². The van der Waals surface area contributed by atoms with E-state index in [1.165, 1.54) is 0 Å². The highest BCUT2D eigenvalue weighted by atomic mass is 79.9. The van der Waals surface area contributed by atoms with Gasteiger partial charge in [0.2, 0.25) is 0 Å². The molecule has 0 fully saturated rings. The third-order valence-electron chi connectivity index (χ3n) is 0. The van der Waals surface area contributed by atoms with Gasteiger partial charge in [-0.3, -0.25) is 0 Å². The molecule has 0 rings (SSSR count). The Morgan fingerprint density at radius 2 is 3.25 bits per heavy atom. The molecule has 0 bridgehead atoms. The van der Waals surface area contributed by atoms with Gasteiger partial charge in [0.05, 0.1) is 0 Å². The molecule has 0 radical (unpaired) electrons. The fourth-order valence-corrected chi connectivity index (χ4v) is 0. The Balaban J connectivity index is 4.40. The van der Waals surface area contributed by atoms with Crippen LogP contribution in [-0.2, 0) is 0 Å². The second kappa shape index (κ2) is 1.77. The Kier molecular flexibility index (Phi) is 0.267. The summed E-state index contributed by atoms with van der Waals surface area (Å²) < 4.78 is 40.6. The lowest BCUT2D eigenvalue weighted by Gasteiger charge is -1.76. The molecule has 0 spiro atoms. The molecule has 1 unspecified atom stereocenters. The summed E-state index contributed by atoms with van der Waals surface area (Å²) >= 11 is 2.50. The van der Waals surface area contributed by atoms with Gasteiger partial charge in [-0.25, -0.2) is 0 Å². The molecule has 1 heteroatoms. The summed E-state index contributed by atoms with van der Waals surface area (Å²) in [4.78, 5) is -2.17. The predicted molar refractivity (Wildman–Crippen MR) is 24.1 cm³/mol. The number of rotatable bonds is 0. The van der Waals surface area contributed by atoms with Gasteiger partial charge < -0.3 is 0 Å². The van der Waals surface area contributed by atoms with E-state index in [0.29, 0.717) is 0 Å². The number of hydrogen-bond donors (Lipinski definition) is 0. The fraction of sp³-hybridized carbons (Fsp3) is 1.00. The molecule has 1 atom stereocenters. The quantitative estimate of drug-likeness (QED) is 0.437. The molecule has 0 aromatic carbocycles. The van der Waals surface area contributed by atoms with Gasteiger partial charge in [0.1, 0.15) is 0 Å². The summed E-state index contributed by atoms with van der Waals surface area (Å²) in [7, 11) is 0. The first-order valence-electron chi connectivity index (χ1n) is 3.88. The zero-order chi connectivity index (χ0) is 8.58. The molecule has 26 valence electrons. The Morgan fingerprint density at radius 3 is 3.25 bits per heavy atom. The first-order valence-corrected chi connectivity index (χ1v) is 1.52. The highest BCUT2D eigenvalue weighted by Gasteiger charge is 1.71. The van der Waals surface area contributed by atoms with Crippen LogP contribution in [0.4, 0.5) is 0 Å². The smallest absolute Gasteiger partial charge is 0.0417 e. The first-order chi connectivity index (χ1) is 4.19. The molecule has 0 heterocycles. The summed E-state index contributed by atoms with van der Waals surface area (Å²) in [6, 6.07) is 0.